The summed E-state index contributed by atoms with van der Waals surface area (Å²) in [5.41, 5.74) is 0. The molecule has 0 aliphatic rings. The number of rotatable bonds is 7. The van der Waals surface area contributed by atoms with Gasteiger partial charge in [-0.05, 0) is 46.0 Å². The Morgan fingerprint density at radius 2 is 2.24 bits per heavy atom. The topological polar surface area (TPSA) is 42.7 Å². The van der Waals surface area contributed by atoms with Gasteiger partial charge in [-0.2, -0.15) is 0 Å². The van der Waals surface area contributed by atoms with Crippen LogP contribution in [0, 0.1) is 6.92 Å². The smallest absolute Gasteiger partial charge is 0.305 e. The van der Waals surface area contributed by atoms with Gasteiger partial charge >= 0.3 is 5.97 Å². The van der Waals surface area contributed by atoms with Gasteiger partial charge in [0.15, 0.2) is 0 Å². The van der Waals surface area contributed by atoms with Gasteiger partial charge in [-0.25, -0.2) is 0 Å². The van der Waals surface area contributed by atoms with E-state index in [0.29, 0.717) is 13.0 Å². The molecule has 1 aromatic heterocycles. The highest BCUT2D eigenvalue weighted by Crippen LogP contribution is 2.09. The summed E-state index contributed by atoms with van der Waals surface area (Å²) >= 11 is 0. The number of carbonyl (C=O) groups excluding carboxylic acids is 1. The van der Waals surface area contributed by atoms with Crippen LogP contribution in [-0.2, 0) is 16.1 Å². The van der Waals surface area contributed by atoms with E-state index in [-0.39, 0.29) is 5.97 Å². The zero-order valence-corrected chi connectivity index (χ0v) is 10.9. The van der Waals surface area contributed by atoms with E-state index < -0.39 is 0 Å². The molecule has 0 aliphatic carbocycles. The molecule has 1 rings (SSSR count). The van der Waals surface area contributed by atoms with Crippen LogP contribution in [0.15, 0.2) is 16.5 Å². The van der Waals surface area contributed by atoms with Crippen molar-refractivity contribution in [3.05, 3.63) is 23.7 Å². The average molecular weight is 239 g/mol. The van der Waals surface area contributed by atoms with Crippen LogP contribution in [0.25, 0.3) is 0 Å². The lowest BCUT2D eigenvalue weighted by Gasteiger charge is -2.14. The third-order valence-corrected chi connectivity index (χ3v) is 2.45. The molecule has 4 nitrogen and oxygen atoms in total. The van der Waals surface area contributed by atoms with E-state index in [1.807, 2.05) is 33.0 Å². The highest BCUT2D eigenvalue weighted by Gasteiger charge is 2.06. The predicted molar refractivity (Wildman–Crippen MR) is 65.6 cm³/mol. The minimum atomic E-state index is -0.116. The number of hydrogen-bond acceptors (Lipinski definition) is 4. The Morgan fingerprint density at radius 1 is 1.47 bits per heavy atom. The van der Waals surface area contributed by atoms with E-state index >= 15 is 0 Å². The summed E-state index contributed by atoms with van der Waals surface area (Å²) in [7, 11) is 2.02. The Bertz CT molecular complexity index is 346. The monoisotopic (exact) mass is 239 g/mol. The van der Waals surface area contributed by atoms with E-state index in [1.54, 1.807) is 0 Å². The minimum Gasteiger partial charge on any atom is -0.466 e. The third-order valence-electron chi connectivity index (χ3n) is 2.45. The van der Waals surface area contributed by atoms with Gasteiger partial charge in [-0.3, -0.25) is 9.69 Å². The molecule has 0 fully saturated rings. The SMILES string of the molecule is CCOC(=O)CCCN(C)Cc1ccc(C)o1. The molecule has 17 heavy (non-hydrogen) atoms. The number of aryl methyl sites for hydroxylation is 1. The molecule has 0 spiro atoms. The Hall–Kier alpha value is -1.29. The van der Waals surface area contributed by atoms with Gasteiger partial charge < -0.3 is 9.15 Å². The molecule has 0 bridgehead atoms. The molecule has 0 atom stereocenters. The van der Waals surface area contributed by atoms with Crippen molar-refractivity contribution in [2.45, 2.75) is 33.2 Å². The van der Waals surface area contributed by atoms with Gasteiger partial charge in [0, 0.05) is 6.42 Å². The maximum atomic E-state index is 11.1. The van der Waals surface area contributed by atoms with Crippen LogP contribution in [0.4, 0.5) is 0 Å². The zero-order valence-electron chi connectivity index (χ0n) is 10.9. The number of carbonyl (C=O) groups is 1. The first kappa shape index (κ1) is 13.8. The molecule has 0 aromatic carbocycles. The predicted octanol–water partition coefficient (Wildman–Crippen LogP) is 2.36. The first-order chi connectivity index (χ1) is 8.11. The summed E-state index contributed by atoms with van der Waals surface area (Å²) in [4.78, 5) is 13.3. The molecule has 96 valence electrons. The van der Waals surface area contributed by atoms with Gasteiger partial charge in [0.1, 0.15) is 11.5 Å². The van der Waals surface area contributed by atoms with Crippen molar-refractivity contribution < 1.29 is 13.9 Å². The summed E-state index contributed by atoms with van der Waals surface area (Å²) in [6.07, 6.45) is 1.30. The number of furan rings is 1. The van der Waals surface area contributed by atoms with Crippen LogP contribution in [-0.4, -0.2) is 31.1 Å². The molecule has 0 saturated carbocycles. The lowest BCUT2D eigenvalue weighted by atomic mass is 10.3. The van der Waals surface area contributed by atoms with Crippen LogP contribution in [0.1, 0.15) is 31.3 Å². The number of esters is 1. The maximum Gasteiger partial charge on any atom is 0.305 e. The molecule has 0 aliphatic heterocycles. The minimum absolute atomic E-state index is 0.116. The van der Waals surface area contributed by atoms with E-state index in [2.05, 4.69) is 4.90 Å². The molecule has 0 saturated heterocycles. The lowest BCUT2D eigenvalue weighted by Crippen LogP contribution is -2.19. The summed E-state index contributed by atoms with van der Waals surface area (Å²) in [6.45, 7) is 5.85. The normalized spacial score (nSPS) is 10.8. The standard InChI is InChI=1S/C13H21NO3/c1-4-16-13(15)6-5-9-14(3)10-12-8-7-11(2)17-12/h7-8H,4-6,9-10H2,1-3H3. The van der Waals surface area contributed by atoms with Crippen LogP contribution in [0.3, 0.4) is 0 Å². The maximum absolute atomic E-state index is 11.1. The first-order valence-corrected chi connectivity index (χ1v) is 6.01. The average Bonchev–Trinajstić information content (AvgIpc) is 2.64. The van der Waals surface area contributed by atoms with Crippen molar-refractivity contribution in [2.75, 3.05) is 20.2 Å². The van der Waals surface area contributed by atoms with Gasteiger partial charge in [-0.15, -0.1) is 0 Å². The van der Waals surface area contributed by atoms with Crippen LogP contribution in [0.5, 0.6) is 0 Å². The van der Waals surface area contributed by atoms with Crippen molar-refractivity contribution >= 4 is 5.97 Å². The van der Waals surface area contributed by atoms with Crippen molar-refractivity contribution in [3.8, 4) is 0 Å². The van der Waals surface area contributed by atoms with Gasteiger partial charge in [-0.1, -0.05) is 0 Å². The van der Waals surface area contributed by atoms with Gasteiger partial charge in [0.05, 0.1) is 13.2 Å². The van der Waals surface area contributed by atoms with Gasteiger partial charge in [0.25, 0.3) is 0 Å². The molecular weight excluding hydrogens is 218 g/mol. The molecular formula is C13H21NO3. The van der Waals surface area contributed by atoms with Crippen LogP contribution in [0.2, 0.25) is 0 Å². The highest BCUT2D eigenvalue weighted by molar-refractivity contribution is 5.69. The Balaban J connectivity index is 2.17. The molecule has 0 N–H and O–H groups in total. The summed E-state index contributed by atoms with van der Waals surface area (Å²) < 4.78 is 10.4. The second-order valence-electron chi connectivity index (χ2n) is 4.16. The molecule has 4 heteroatoms. The first-order valence-electron chi connectivity index (χ1n) is 6.01. The second-order valence-corrected chi connectivity index (χ2v) is 4.16. The van der Waals surface area contributed by atoms with E-state index in [4.69, 9.17) is 9.15 Å². The Morgan fingerprint density at radius 3 is 2.82 bits per heavy atom. The van der Waals surface area contributed by atoms with Gasteiger partial charge in [0.2, 0.25) is 0 Å². The van der Waals surface area contributed by atoms with Crippen molar-refractivity contribution in [2.24, 2.45) is 0 Å². The number of nitrogens with zero attached hydrogens (tertiary/aromatic N) is 1. The zero-order chi connectivity index (χ0) is 12.7. The van der Waals surface area contributed by atoms with E-state index in [1.165, 1.54) is 0 Å². The number of ether oxygens (including phenoxy) is 1. The molecule has 1 aromatic rings. The summed E-state index contributed by atoms with van der Waals surface area (Å²) in [6, 6.07) is 3.94. The van der Waals surface area contributed by atoms with Crippen molar-refractivity contribution in [1.29, 1.82) is 0 Å². The third kappa shape index (κ3) is 5.54. The molecule has 0 amide bonds. The Labute approximate surface area is 103 Å². The number of hydrogen-bond donors (Lipinski definition) is 0. The summed E-state index contributed by atoms with van der Waals surface area (Å²) in [5.74, 6) is 1.77. The largest absolute Gasteiger partial charge is 0.466 e. The molecule has 1 heterocycles. The van der Waals surface area contributed by atoms with Crippen LogP contribution < -0.4 is 0 Å². The molecule has 0 radical (unpaired) electrons. The van der Waals surface area contributed by atoms with E-state index in [9.17, 15) is 4.79 Å². The second kappa shape index (κ2) is 7.12. The summed E-state index contributed by atoms with van der Waals surface area (Å²) in [5, 5.41) is 0. The van der Waals surface area contributed by atoms with Crippen LogP contribution >= 0.6 is 0 Å². The van der Waals surface area contributed by atoms with Crippen molar-refractivity contribution in [1.82, 2.24) is 4.90 Å². The fraction of sp³-hybridized carbons (Fsp3) is 0.615. The van der Waals surface area contributed by atoms with Crippen molar-refractivity contribution in [3.63, 3.8) is 0 Å². The fourth-order valence-electron chi connectivity index (χ4n) is 1.64. The fourth-order valence-corrected chi connectivity index (χ4v) is 1.64. The quantitative estimate of drug-likeness (QED) is 0.685. The Kier molecular flexibility index (Phi) is 5.77. The molecule has 0 unspecified atom stereocenters. The lowest BCUT2D eigenvalue weighted by molar-refractivity contribution is -0.143. The van der Waals surface area contributed by atoms with E-state index in [0.717, 1.165) is 31.0 Å². The highest BCUT2D eigenvalue weighted by atomic mass is 16.5.